The second kappa shape index (κ2) is 7.04. The van der Waals surface area contributed by atoms with Crippen molar-refractivity contribution in [3.63, 3.8) is 0 Å². The summed E-state index contributed by atoms with van der Waals surface area (Å²) in [6, 6.07) is 1.43. The molecule has 2 heterocycles. The minimum absolute atomic E-state index is 0.0857. The fourth-order valence-electron chi connectivity index (χ4n) is 2.15. The summed E-state index contributed by atoms with van der Waals surface area (Å²) in [7, 11) is -3.58. The zero-order valence-corrected chi connectivity index (χ0v) is 13.5. The Kier molecular flexibility index (Phi) is 5.62. The summed E-state index contributed by atoms with van der Waals surface area (Å²) in [6.07, 6.45) is 4.06. The van der Waals surface area contributed by atoms with E-state index in [1.807, 2.05) is 0 Å². The van der Waals surface area contributed by atoms with Crippen LogP contribution in [0.25, 0.3) is 0 Å². The molecule has 0 saturated carbocycles. The molecule has 1 aromatic heterocycles. The van der Waals surface area contributed by atoms with E-state index in [1.165, 1.54) is 6.07 Å². The van der Waals surface area contributed by atoms with Gasteiger partial charge in [0.2, 0.25) is 10.0 Å². The average molecular weight is 367 g/mol. The van der Waals surface area contributed by atoms with Crippen molar-refractivity contribution >= 4 is 26.0 Å². The van der Waals surface area contributed by atoms with Crippen LogP contribution in [0.3, 0.4) is 0 Å². The van der Waals surface area contributed by atoms with Crippen LogP contribution in [-0.4, -0.2) is 27.7 Å². The lowest BCUT2D eigenvalue weighted by Gasteiger charge is -2.22. The minimum Gasteiger partial charge on any atom is -0.452 e. The lowest BCUT2D eigenvalue weighted by Crippen LogP contribution is -2.29. The first-order chi connectivity index (χ1) is 9.53. The number of rotatable bonds is 6. The van der Waals surface area contributed by atoms with Crippen molar-refractivity contribution in [2.24, 2.45) is 5.73 Å². The molecule has 3 N–H and O–H groups in total. The number of nitrogens with two attached hydrogens (primary N) is 1. The van der Waals surface area contributed by atoms with E-state index in [-0.39, 0.29) is 22.2 Å². The number of nitrogens with one attached hydrogen (secondary N) is 1. The van der Waals surface area contributed by atoms with Crippen LogP contribution in [0.5, 0.6) is 0 Å². The third-order valence-corrected chi connectivity index (χ3v) is 5.55. The SMILES string of the molecule is NCc1cc(S(=O)(=O)NCCC2CCCCO2)c(Br)o1. The van der Waals surface area contributed by atoms with Crippen molar-refractivity contribution in [3.05, 3.63) is 16.5 Å². The second-order valence-corrected chi connectivity index (χ2v) is 7.19. The Bertz CT molecular complexity index is 538. The quantitative estimate of drug-likeness (QED) is 0.799. The second-order valence-electron chi connectivity index (χ2n) is 4.73. The van der Waals surface area contributed by atoms with E-state index in [9.17, 15) is 8.42 Å². The third kappa shape index (κ3) is 4.05. The van der Waals surface area contributed by atoms with Gasteiger partial charge in [0.1, 0.15) is 10.7 Å². The summed E-state index contributed by atoms with van der Waals surface area (Å²) >= 11 is 3.10. The highest BCUT2D eigenvalue weighted by Crippen LogP contribution is 2.26. The molecule has 1 aliphatic heterocycles. The van der Waals surface area contributed by atoms with Gasteiger partial charge in [0.15, 0.2) is 4.67 Å². The van der Waals surface area contributed by atoms with Gasteiger partial charge in [-0.1, -0.05) is 0 Å². The third-order valence-electron chi connectivity index (χ3n) is 3.23. The Labute approximate surface area is 127 Å². The van der Waals surface area contributed by atoms with Crippen LogP contribution in [0.1, 0.15) is 31.4 Å². The number of sulfonamides is 1. The molecule has 1 atom stereocenters. The van der Waals surface area contributed by atoms with Crippen LogP contribution in [-0.2, 0) is 21.3 Å². The van der Waals surface area contributed by atoms with Gasteiger partial charge in [0, 0.05) is 19.2 Å². The highest BCUT2D eigenvalue weighted by atomic mass is 79.9. The minimum atomic E-state index is -3.58. The summed E-state index contributed by atoms with van der Waals surface area (Å²) in [5, 5.41) is 0. The number of furan rings is 1. The first kappa shape index (κ1) is 16.0. The summed E-state index contributed by atoms with van der Waals surface area (Å²) in [5.74, 6) is 0.424. The molecule has 1 unspecified atom stereocenters. The fourth-order valence-corrected chi connectivity index (χ4v) is 4.19. The standard InChI is InChI=1S/C12H19BrN2O4S/c13-12-11(7-10(8-14)19-12)20(16,17)15-5-4-9-3-1-2-6-18-9/h7,9,15H,1-6,8,14H2. The van der Waals surface area contributed by atoms with Crippen molar-refractivity contribution in [2.45, 2.75) is 43.2 Å². The molecule has 20 heavy (non-hydrogen) atoms. The zero-order chi connectivity index (χ0) is 14.6. The largest absolute Gasteiger partial charge is 0.452 e. The van der Waals surface area contributed by atoms with E-state index in [0.29, 0.717) is 18.7 Å². The van der Waals surface area contributed by atoms with Crippen molar-refractivity contribution in [1.29, 1.82) is 0 Å². The number of halogens is 1. The molecule has 8 heteroatoms. The summed E-state index contributed by atoms with van der Waals surface area (Å²) in [5.41, 5.74) is 5.43. The van der Waals surface area contributed by atoms with Gasteiger partial charge >= 0.3 is 0 Å². The average Bonchev–Trinajstić information content (AvgIpc) is 2.82. The smallest absolute Gasteiger partial charge is 0.244 e. The van der Waals surface area contributed by atoms with E-state index < -0.39 is 10.0 Å². The predicted octanol–water partition coefficient (Wildman–Crippen LogP) is 1.74. The van der Waals surface area contributed by atoms with Gasteiger partial charge < -0.3 is 14.9 Å². The topological polar surface area (TPSA) is 94.6 Å². The van der Waals surface area contributed by atoms with Crippen molar-refractivity contribution in [3.8, 4) is 0 Å². The van der Waals surface area contributed by atoms with E-state index in [2.05, 4.69) is 20.7 Å². The van der Waals surface area contributed by atoms with E-state index in [4.69, 9.17) is 14.9 Å². The Morgan fingerprint density at radius 1 is 1.45 bits per heavy atom. The maximum Gasteiger partial charge on any atom is 0.244 e. The van der Waals surface area contributed by atoms with Gasteiger partial charge in [-0.3, -0.25) is 0 Å². The Morgan fingerprint density at radius 2 is 2.25 bits per heavy atom. The van der Waals surface area contributed by atoms with Crippen LogP contribution in [0, 0.1) is 0 Å². The zero-order valence-electron chi connectivity index (χ0n) is 11.1. The van der Waals surface area contributed by atoms with Crippen LogP contribution in [0.15, 0.2) is 20.0 Å². The molecule has 0 spiro atoms. The summed E-state index contributed by atoms with van der Waals surface area (Å²) in [4.78, 5) is 0.0857. The Balaban J connectivity index is 1.91. The van der Waals surface area contributed by atoms with E-state index in [1.54, 1.807) is 0 Å². The highest BCUT2D eigenvalue weighted by Gasteiger charge is 2.22. The van der Waals surface area contributed by atoms with Gasteiger partial charge in [-0.2, -0.15) is 0 Å². The van der Waals surface area contributed by atoms with Gasteiger partial charge in [0.05, 0.1) is 12.6 Å². The molecule has 0 aromatic carbocycles. The van der Waals surface area contributed by atoms with Crippen LogP contribution >= 0.6 is 15.9 Å². The molecule has 0 amide bonds. The lowest BCUT2D eigenvalue weighted by molar-refractivity contribution is 0.0123. The molecule has 1 aliphatic rings. The van der Waals surface area contributed by atoms with E-state index >= 15 is 0 Å². The molecule has 1 fully saturated rings. The molecule has 6 nitrogen and oxygen atoms in total. The molecule has 0 radical (unpaired) electrons. The van der Waals surface area contributed by atoms with Crippen molar-refractivity contribution in [2.75, 3.05) is 13.2 Å². The first-order valence-corrected chi connectivity index (χ1v) is 8.90. The van der Waals surface area contributed by atoms with Gasteiger partial charge in [0.25, 0.3) is 0 Å². The van der Waals surface area contributed by atoms with Crippen LogP contribution in [0.4, 0.5) is 0 Å². The van der Waals surface area contributed by atoms with Gasteiger partial charge in [-0.15, -0.1) is 0 Å². The van der Waals surface area contributed by atoms with E-state index in [0.717, 1.165) is 25.9 Å². The molecule has 114 valence electrons. The first-order valence-electron chi connectivity index (χ1n) is 6.62. The highest BCUT2D eigenvalue weighted by molar-refractivity contribution is 9.10. The van der Waals surface area contributed by atoms with Crippen LogP contribution in [0.2, 0.25) is 0 Å². The van der Waals surface area contributed by atoms with Gasteiger partial charge in [-0.05, 0) is 41.6 Å². The predicted molar refractivity (Wildman–Crippen MR) is 77.7 cm³/mol. The molecule has 1 saturated heterocycles. The van der Waals surface area contributed by atoms with Crippen molar-refractivity contribution in [1.82, 2.24) is 4.72 Å². The molecular weight excluding hydrogens is 348 g/mol. The molecule has 0 aliphatic carbocycles. The molecular formula is C12H19BrN2O4S. The van der Waals surface area contributed by atoms with Gasteiger partial charge in [-0.25, -0.2) is 13.1 Å². The number of hydrogen-bond donors (Lipinski definition) is 2. The lowest BCUT2D eigenvalue weighted by atomic mass is 10.1. The number of hydrogen-bond acceptors (Lipinski definition) is 5. The summed E-state index contributed by atoms with van der Waals surface area (Å²) < 4.78 is 37.8. The molecule has 1 aromatic rings. The normalized spacial score (nSPS) is 20.2. The Hall–Kier alpha value is -0.410. The molecule has 0 bridgehead atoms. The summed E-state index contributed by atoms with van der Waals surface area (Å²) in [6.45, 7) is 1.27. The number of ether oxygens (including phenoxy) is 1. The van der Waals surface area contributed by atoms with Crippen LogP contribution < -0.4 is 10.5 Å². The maximum atomic E-state index is 12.1. The molecule has 2 rings (SSSR count). The Morgan fingerprint density at radius 3 is 2.85 bits per heavy atom. The fraction of sp³-hybridized carbons (Fsp3) is 0.667. The monoisotopic (exact) mass is 366 g/mol. The maximum absolute atomic E-state index is 12.1. The van der Waals surface area contributed by atoms with Crippen molar-refractivity contribution < 1.29 is 17.6 Å².